The third kappa shape index (κ3) is 3.82. The molecule has 0 aliphatic carbocycles. The zero-order valence-corrected chi connectivity index (χ0v) is 11.7. The summed E-state index contributed by atoms with van der Waals surface area (Å²) >= 11 is 0. The predicted octanol–water partition coefficient (Wildman–Crippen LogP) is 2.25. The van der Waals surface area contributed by atoms with Crippen LogP contribution in [0.5, 0.6) is 5.75 Å². The molecular weight excluding hydrogens is 256 g/mol. The van der Waals surface area contributed by atoms with Gasteiger partial charge in [0.1, 0.15) is 12.4 Å². The van der Waals surface area contributed by atoms with Crippen molar-refractivity contribution in [3.05, 3.63) is 30.5 Å². The molecule has 0 saturated heterocycles. The van der Waals surface area contributed by atoms with Crippen LogP contribution >= 0.6 is 0 Å². The van der Waals surface area contributed by atoms with Crippen LogP contribution in [0.15, 0.2) is 30.5 Å². The van der Waals surface area contributed by atoms with E-state index in [9.17, 15) is 0 Å². The lowest BCUT2D eigenvalue weighted by Crippen LogP contribution is -2.09. The van der Waals surface area contributed by atoms with Crippen LogP contribution in [-0.4, -0.2) is 38.5 Å². The van der Waals surface area contributed by atoms with E-state index >= 15 is 0 Å². The first-order valence-electron chi connectivity index (χ1n) is 6.65. The number of anilines is 1. The first-order valence-corrected chi connectivity index (χ1v) is 6.65. The predicted molar refractivity (Wildman–Crippen MR) is 79.0 cm³/mol. The molecule has 5 heteroatoms. The largest absolute Gasteiger partial charge is 0.490 e. The van der Waals surface area contributed by atoms with Gasteiger partial charge in [0.25, 0.3) is 0 Å². The number of aromatic nitrogens is 1. The molecular formula is C15H20N2O3. The topological polar surface area (TPSA) is 66.6 Å². The lowest BCUT2D eigenvalue weighted by atomic mass is 10.2. The van der Waals surface area contributed by atoms with Gasteiger partial charge in [0.15, 0.2) is 0 Å². The van der Waals surface area contributed by atoms with Gasteiger partial charge in [-0.3, -0.25) is 4.98 Å². The maximum absolute atomic E-state index is 5.89. The Morgan fingerprint density at radius 1 is 1.10 bits per heavy atom. The van der Waals surface area contributed by atoms with E-state index in [-0.39, 0.29) is 0 Å². The van der Waals surface area contributed by atoms with E-state index in [1.807, 2.05) is 24.3 Å². The maximum Gasteiger partial charge on any atom is 0.128 e. The normalized spacial score (nSPS) is 10.8. The Morgan fingerprint density at radius 2 is 2.00 bits per heavy atom. The maximum atomic E-state index is 5.89. The van der Waals surface area contributed by atoms with Crippen molar-refractivity contribution in [1.29, 1.82) is 0 Å². The molecule has 1 aromatic heterocycles. The van der Waals surface area contributed by atoms with Gasteiger partial charge < -0.3 is 19.9 Å². The SMILES string of the molecule is COCCCOCCOc1ccc(N)c2ncccc12. The Balaban J connectivity index is 1.86. The fraction of sp³-hybridized carbons (Fsp3) is 0.400. The van der Waals surface area contributed by atoms with Crippen LogP contribution in [-0.2, 0) is 9.47 Å². The first-order chi connectivity index (χ1) is 9.83. The van der Waals surface area contributed by atoms with E-state index in [2.05, 4.69) is 4.98 Å². The van der Waals surface area contributed by atoms with Gasteiger partial charge in [-0.15, -0.1) is 0 Å². The minimum absolute atomic E-state index is 0.501. The van der Waals surface area contributed by atoms with Crippen molar-refractivity contribution in [2.24, 2.45) is 0 Å². The zero-order chi connectivity index (χ0) is 14.2. The molecule has 0 unspecified atom stereocenters. The number of benzene rings is 1. The second-order valence-electron chi connectivity index (χ2n) is 4.36. The van der Waals surface area contributed by atoms with Gasteiger partial charge in [-0.2, -0.15) is 0 Å². The van der Waals surface area contributed by atoms with Crippen molar-refractivity contribution in [1.82, 2.24) is 4.98 Å². The Morgan fingerprint density at radius 3 is 2.85 bits per heavy atom. The molecule has 0 atom stereocenters. The molecule has 2 aromatic rings. The van der Waals surface area contributed by atoms with Crippen molar-refractivity contribution < 1.29 is 14.2 Å². The minimum atomic E-state index is 0.501. The summed E-state index contributed by atoms with van der Waals surface area (Å²) in [6.07, 6.45) is 2.62. The minimum Gasteiger partial charge on any atom is -0.490 e. The Hall–Kier alpha value is -1.85. The molecule has 0 radical (unpaired) electrons. The zero-order valence-electron chi connectivity index (χ0n) is 11.7. The molecule has 2 rings (SSSR count). The number of nitrogen functional groups attached to an aromatic ring is 1. The standard InChI is InChI=1S/C15H20N2O3/c1-18-8-3-9-19-10-11-20-14-6-5-13(16)15-12(14)4-2-7-17-15/h2,4-7H,3,8-11,16H2,1H3. The van der Waals surface area contributed by atoms with Crippen molar-refractivity contribution in [2.45, 2.75) is 6.42 Å². The summed E-state index contributed by atoms with van der Waals surface area (Å²) in [6, 6.07) is 7.50. The average molecular weight is 276 g/mol. The van der Waals surface area contributed by atoms with E-state index in [0.29, 0.717) is 25.5 Å². The summed E-state index contributed by atoms with van der Waals surface area (Å²) < 4.78 is 16.1. The summed E-state index contributed by atoms with van der Waals surface area (Å²) in [5.41, 5.74) is 7.32. The van der Waals surface area contributed by atoms with E-state index in [1.54, 1.807) is 13.3 Å². The van der Waals surface area contributed by atoms with Crippen LogP contribution in [0, 0.1) is 0 Å². The number of methoxy groups -OCH3 is 1. The molecule has 0 aliphatic rings. The van der Waals surface area contributed by atoms with Crippen LogP contribution < -0.4 is 10.5 Å². The molecule has 1 aromatic carbocycles. The summed E-state index contributed by atoms with van der Waals surface area (Å²) in [5.74, 6) is 0.780. The highest BCUT2D eigenvalue weighted by Crippen LogP contribution is 2.28. The van der Waals surface area contributed by atoms with Crippen LogP contribution in [0.2, 0.25) is 0 Å². The molecule has 0 bridgehead atoms. The first kappa shape index (κ1) is 14.6. The number of nitrogens with two attached hydrogens (primary N) is 1. The number of hydrogen-bond acceptors (Lipinski definition) is 5. The monoisotopic (exact) mass is 276 g/mol. The molecule has 0 fully saturated rings. The average Bonchev–Trinajstić information content (AvgIpc) is 2.49. The van der Waals surface area contributed by atoms with Gasteiger partial charge in [-0.25, -0.2) is 0 Å². The highest BCUT2D eigenvalue weighted by atomic mass is 16.5. The number of rotatable bonds is 8. The highest BCUT2D eigenvalue weighted by Gasteiger charge is 2.05. The van der Waals surface area contributed by atoms with Crippen molar-refractivity contribution in [3.63, 3.8) is 0 Å². The van der Waals surface area contributed by atoms with E-state index < -0.39 is 0 Å². The van der Waals surface area contributed by atoms with Crippen LogP contribution in [0.25, 0.3) is 10.9 Å². The third-order valence-electron chi connectivity index (χ3n) is 2.88. The fourth-order valence-corrected chi connectivity index (χ4v) is 1.91. The Kier molecular flexibility index (Phi) is 5.58. The van der Waals surface area contributed by atoms with Crippen molar-refractivity contribution in [3.8, 4) is 5.75 Å². The lowest BCUT2D eigenvalue weighted by Gasteiger charge is -2.10. The van der Waals surface area contributed by atoms with Crippen molar-refractivity contribution >= 4 is 16.6 Å². The molecule has 108 valence electrons. The molecule has 20 heavy (non-hydrogen) atoms. The van der Waals surface area contributed by atoms with Gasteiger partial charge in [-0.05, 0) is 30.7 Å². The molecule has 2 N–H and O–H groups in total. The lowest BCUT2D eigenvalue weighted by molar-refractivity contribution is 0.0810. The number of pyridine rings is 1. The van der Waals surface area contributed by atoms with E-state index in [4.69, 9.17) is 19.9 Å². The van der Waals surface area contributed by atoms with Gasteiger partial charge in [0.2, 0.25) is 0 Å². The summed E-state index contributed by atoms with van der Waals surface area (Å²) in [6.45, 7) is 2.45. The summed E-state index contributed by atoms with van der Waals surface area (Å²) in [7, 11) is 1.68. The number of nitrogens with zero attached hydrogens (tertiary/aromatic N) is 1. The molecule has 0 saturated carbocycles. The highest BCUT2D eigenvalue weighted by molar-refractivity contribution is 5.93. The fourth-order valence-electron chi connectivity index (χ4n) is 1.91. The van der Waals surface area contributed by atoms with Crippen LogP contribution in [0.3, 0.4) is 0 Å². The summed E-state index contributed by atoms with van der Waals surface area (Å²) in [5, 5.41) is 0.923. The van der Waals surface area contributed by atoms with Gasteiger partial charge in [0, 0.05) is 31.9 Å². The second kappa shape index (κ2) is 7.67. The smallest absolute Gasteiger partial charge is 0.128 e. The molecule has 5 nitrogen and oxygen atoms in total. The van der Waals surface area contributed by atoms with Crippen molar-refractivity contribution in [2.75, 3.05) is 39.3 Å². The van der Waals surface area contributed by atoms with Gasteiger partial charge in [-0.1, -0.05) is 0 Å². The quantitative estimate of drug-likeness (QED) is 0.591. The molecule has 0 aliphatic heterocycles. The van der Waals surface area contributed by atoms with E-state index in [1.165, 1.54) is 0 Å². The third-order valence-corrected chi connectivity index (χ3v) is 2.88. The summed E-state index contributed by atoms with van der Waals surface area (Å²) in [4.78, 5) is 4.27. The van der Waals surface area contributed by atoms with Crippen LogP contribution in [0.4, 0.5) is 5.69 Å². The van der Waals surface area contributed by atoms with E-state index in [0.717, 1.165) is 29.7 Å². The number of hydrogen-bond donors (Lipinski definition) is 1. The second-order valence-corrected chi connectivity index (χ2v) is 4.36. The molecule has 0 amide bonds. The number of ether oxygens (including phenoxy) is 3. The van der Waals surface area contributed by atoms with Gasteiger partial charge in [0.05, 0.1) is 17.8 Å². The Bertz CT molecular complexity index is 546. The van der Waals surface area contributed by atoms with Gasteiger partial charge >= 0.3 is 0 Å². The van der Waals surface area contributed by atoms with Crippen LogP contribution in [0.1, 0.15) is 6.42 Å². The molecule has 1 heterocycles. The molecule has 0 spiro atoms. The Labute approximate surface area is 118 Å². The number of fused-ring (bicyclic) bond motifs is 1.